The number of likely N-dealkylation sites (N-methyl/N-ethyl adjacent to an activating group) is 1. The predicted octanol–water partition coefficient (Wildman–Crippen LogP) is 3.97. The number of fused-ring (bicyclic) bond motifs is 1. The van der Waals surface area contributed by atoms with Crippen LogP contribution in [-0.4, -0.2) is 64.7 Å². The molecule has 7 heteroatoms. The van der Waals surface area contributed by atoms with E-state index in [-0.39, 0.29) is 42.3 Å². The maximum atomic E-state index is 13.5. The Morgan fingerprint density at radius 3 is 2.66 bits per heavy atom. The van der Waals surface area contributed by atoms with Crippen LogP contribution in [-0.2, 0) is 6.54 Å². The Morgan fingerprint density at radius 2 is 2.00 bits per heavy atom. The fraction of sp³-hybridized carbons (Fsp3) is 0.500. The number of pyridine rings is 1. The lowest BCUT2D eigenvalue weighted by Crippen LogP contribution is -2.49. The first-order valence-electron chi connectivity index (χ1n) is 12.2. The number of halogens is 1. The van der Waals surface area contributed by atoms with Crippen LogP contribution in [0.1, 0.15) is 55.6 Å². The Kier molecular flexibility index (Phi) is 9.25. The number of carbonyl (C=O) groups excluding carboxylic acids is 1. The molecule has 1 aromatic heterocycles. The van der Waals surface area contributed by atoms with Crippen LogP contribution in [0.25, 0.3) is 0 Å². The van der Waals surface area contributed by atoms with Crippen LogP contribution in [0.4, 0.5) is 4.39 Å². The molecule has 2 heterocycles. The van der Waals surface area contributed by atoms with Gasteiger partial charge >= 0.3 is 0 Å². The van der Waals surface area contributed by atoms with Gasteiger partial charge in [-0.05, 0) is 43.7 Å². The molecule has 0 bridgehead atoms. The lowest BCUT2D eigenvalue weighted by Gasteiger charge is -2.37. The van der Waals surface area contributed by atoms with Crippen LogP contribution in [0.5, 0.6) is 5.88 Å². The van der Waals surface area contributed by atoms with Crippen LogP contribution in [0.2, 0.25) is 0 Å². The van der Waals surface area contributed by atoms with Gasteiger partial charge in [-0.2, -0.15) is 0 Å². The second-order valence-corrected chi connectivity index (χ2v) is 9.92. The van der Waals surface area contributed by atoms with Gasteiger partial charge in [-0.15, -0.1) is 0 Å². The van der Waals surface area contributed by atoms with Gasteiger partial charge in [0.25, 0.3) is 5.91 Å². The van der Waals surface area contributed by atoms with Crippen molar-refractivity contribution in [1.82, 2.24) is 14.8 Å². The van der Waals surface area contributed by atoms with E-state index in [9.17, 15) is 14.3 Å². The lowest BCUT2D eigenvalue weighted by atomic mass is 9.99. The van der Waals surface area contributed by atoms with Gasteiger partial charge < -0.3 is 14.7 Å². The molecule has 35 heavy (non-hydrogen) atoms. The molecule has 0 saturated heterocycles. The summed E-state index contributed by atoms with van der Waals surface area (Å²) >= 11 is 0. The molecule has 3 rings (SSSR count). The van der Waals surface area contributed by atoms with Crippen LogP contribution < -0.4 is 4.74 Å². The summed E-state index contributed by atoms with van der Waals surface area (Å²) < 4.78 is 19.6. The van der Waals surface area contributed by atoms with Crippen molar-refractivity contribution in [3.05, 3.63) is 59.0 Å². The third-order valence-corrected chi connectivity index (χ3v) is 6.12. The number of amides is 1. The molecule has 2 aromatic rings. The van der Waals surface area contributed by atoms with Gasteiger partial charge in [0, 0.05) is 43.7 Å². The van der Waals surface area contributed by atoms with E-state index in [0.717, 1.165) is 12.0 Å². The second-order valence-electron chi connectivity index (χ2n) is 9.92. The maximum Gasteiger partial charge on any atom is 0.259 e. The molecule has 1 N–H and O–H groups in total. The molecule has 1 aromatic carbocycles. The van der Waals surface area contributed by atoms with Crippen LogP contribution in [0, 0.1) is 29.5 Å². The highest BCUT2D eigenvalue weighted by atomic mass is 19.1. The number of aliphatic hydroxyl groups excluding tert-OH is 1. The predicted molar refractivity (Wildman–Crippen MR) is 134 cm³/mol. The second kappa shape index (κ2) is 12.1. The van der Waals surface area contributed by atoms with Crippen LogP contribution in [0.15, 0.2) is 36.5 Å². The number of rotatable bonds is 7. The fourth-order valence-corrected chi connectivity index (χ4v) is 4.02. The first-order chi connectivity index (χ1) is 16.7. The zero-order valence-corrected chi connectivity index (χ0v) is 21.3. The fourth-order valence-electron chi connectivity index (χ4n) is 4.02. The summed E-state index contributed by atoms with van der Waals surface area (Å²) in [5.74, 6) is 6.50. The van der Waals surface area contributed by atoms with Crippen molar-refractivity contribution in [2.45, 2.75) is 52.8 Å². The van der Waals surface area contributed by atoms with Crippen molar-refractivity contribution in [2.24, 2.45) is 11.8 Å². The average Bonchev–Trinajstić information content (AvgIpc) is 2.82. The Labute approximate surface area is 208 Å². The van der Waals surface area contributed by atoms with Crippen molar-refractivity contribution in [2.75, 3.05) is 26.7 Å². The van der Waals surface area contributed by atoms with Gasteiger partial charge in [-0.3, -0.25) is 9.69 Å². The van der Waals surface area contributed by atoms with E-state index in [0.29, 0.717) is 36.7 Å². The van der Waals surface area contributed by atoms with Gasteiger partial charge in [0.2, 0.25) is 5.88 Å². The van der Waals surface area contributed by atoms with Crippen molar-refractivity contribution in [3.8, 4) is 17.7 Å². The molecular formula is C28H36FN3O3. The molecule has 1 aliphatic rings. The number of carbonyl (C=O) groups is 1. The third kappa shape index (κ3) is 7.27. The van der Waals surface area contributed by atoms with Gasteiger partial charge in [-0.25, -0.2) is 9.37 Å². The van der Waals surface area contributed by atoms with Crippen molar-refractivity contribution < 1.29 is 19.0 Å². The summed E-state index contributed by atoms with van der Waals surface area (Å²) in [6.07, 6.45) is 2.16. The summed E-state index contributed by atoms with van der Waals surface area (Å²) in [5.41, 5.74) is 2.03. The number of hydrogen-bond acceptors (Lipinski definition) is 5. The van der Waals surface area contributed by atoms with E-state index in [1.807, 2.05) is 20.9 Å². The molecule has 0 unspecified atom stereocenters. The Hall–Kier alpha value is -2.95. The largest absolute Gasteiger partial charge is 0.472 e. The quantitative estimate of drug-likeness (QED) is 0.607. The van der Waals surface area contributed by atoms with Crippen molar-refractivity contribution in [1.29, 1.82) is 0 Å². The molecule has 3 atom stereocenters. The average molecular weight is 482 g/mol. The van der Waals surface area contributed by atoms with Crippen molar-refractivity contribution in [3.63, 3.8) is 0 Å². The summed E-state index contributed by atoms with van der Waals surface area (Å²) in [6.45, 7) is 9.61. The third-order valence-electron chi connectivity index (χ3n) is 6.12. The molecule has 0 aliphatic carbocycles. The molecular weight excluding hydrogens is 445 g/mol. The Balaban J connectivity index is 1.88. The van der Waals surface area contributed by atoms with E-state index >= 15 is 0 Å². The molecule has 0 radical (unpaired) electrons. The van der Waals surface area contributed by atoms with Crippen molar-refractivity contribution >= 4 is 5.91 Å². The molecule has 0 fully saturated rings. The van der Waals surface area contributed by atoms with Gasteiger partial charge in [0.15, 0.2) is 0 Å². The first kappa shape index (κ1) is 26.7. The monoisotopic (exact) mass is 481 g/mol. The standard InChI is InChI=1S/C28H36FN3O3/c1-19(2)7-6-8-23-13-25-27(30-14-23)35-26(20(3)15-32(28(25)34)21(4)18-33)17-31(5)16-22-9-11-24(29)12-10-22/h9-14,19-21,26,33H,7,15-18H2,1-5H3/t20-,21+,26+/m0/s1. The van der Waals surface area contributed by atoms with E-state index in [1.165, 1.54) is 12.1 Å². The number of benzene rings is 1. The minimum atomic E-state index is -0.343. The number of aromatic nitrogens is 1. The van der Waals surface area contributed by atoms with Gasteiger partial charge in [-0.1, -0.05) is 44.7 Å². The highest BCUT2D eigenvalue weighted by molar-refractivity contribution is 5.97. The summed E-state index contributed by atoms with van der Waals surface area (Å²) in [4.78, 5) is 21.8. The molecule has 0 spiro atoms. The lowest BCUT2D eigenvalue weighted by molar-refractivity contribution is 0.0325. The number of nitrogens with zero attached hydrogens (tertiary/aromatic N) is 3. The number of hydrogen-bond donors (Lipinski definition) is 1. The summed E-state index contributed by atoms with van der Waals surface area (Å²) in [6, 6.07) is 7.86. The van der Waals surface area contributed by atoms with Gasteiger partial charge in [0.1, 0.15) is 17.5 Å². The first-order valence-corrected chi connectivity index (χ1v) is 12.2. The smallest absolute Gasteiger partial charge is 0.259 e. The van der Waals surface area contributed by atoms with Gasteiger partial charge in [0.05, 0.1) is 12.6 Å². The maximum absolute atomic E-state index is 13.5. The summed E-state index contributed by atoms with van der Waals surface area (Å²) in [5, 5.41) is 9.82. The number of aliphatic hydroxyl groups is 1. The molecule has 1 amide bonds. The highest BCUT2D eigenvalue weighted by Gasteiger charge is 2.34. The van der Waals surface area contributed by atoms with E-state index in [2.05, 4.69) is 35.6 Å². The SMILES string of the molecule is CC(C)CC#Cc1cnc2c(c1)C(=O)N([C@H](C)CO)C[C@H](C)[C@@H](CN(C)Cc1ccc(F)cc1)O2. The minimum Gasteiger partial charge on any atom is -0.472 e. The molecule has 188 valence electrons. The normalized spacial score (nSPS) is 18.9. The highest BCUT2D eigenvalue weighted by Crippen LogP contribution is 2.27. The minimum absolute atomic E-state index is 0.0101. The molecule has 1 aliphatic heterocycles. The van der Waals surface area contributed by atoms with Crippen LogP contribution >= 0.6 is 0 Å². The topological polar surface area (TPSA) is 65.9 Å². The Bertz CT molecular complexity index is 1060. The van der Waals surface area contributed by atoms with E-state index in [4.69, 9.17) is 4.74 Å². The molecule has 0 saturated carbocycles. The zero-order chi connectivity index (χ0) is 25.5. The Morgan fingerprint density at radius 1 is 1.29 bits per heavy atom. The van der Waals surface area contributed by atoms with E-state index < -0.39 is 0 Å². The zero-order valence-electron chi connectivity index (χ0n) is 21.3. The van der Waals surface area contributed by atoms with E-state index in [1.54, 1.807) is 29.3 Å². The summed E-state index contributed by atoms with van der Waals surface area (Å²) in [7, 11) is 1.99. The number of ether oxygens (including phenoxy) is 1. The van der Waals surface area contributed by atoms with Crippen LogP contribution in [0.3, 0.4) is 0 Å². The molecule has 6 nitrogen and oxygen atoms in total.